The molecule has 1 heterocycles. The van der Waals surface area contributed by atoms with Crippen LogP contribution in [-0.4, -0.2) is 20.1 Å². The van der Waals surface area contributed by atoms with Crippen molar-refractivity contribution in [2.45, 2.75) is 18.9 Å². The zero-order valence-corrected chi connectivity index (χ0v) is 12.3. The summed E-state index contributed by atoms with van der Waals surface area (Å²) in [5.74, 6) is 0.392. The van der Waals surface area contributed by atoms with Crippen LogP contribution in [0.25, 0.3) is 0 Å². The molecule has 0 bridgehead atoms. The Morgan fingerprint density at radius 2 is 2.00 bits per heavy atom. The van der Waals surface area contributed by atoms with Crippen LogP contribution in [0.1, 0.15) is 23.5 Å². The minimum absolute atomic E-state index is 0.152. The van der Waals surface area contributed by atoms with Gasteiger partial charge in [0.1, 0.15) is 5.82 Å². The second kappa shape index (κ2) is 6.27. The van der Waals surface area contributed by atoms with E-state index in [0.717, 1.165) is 30.8 Å². The quantitative estimate of drug-likeness (QED) is 0.924. The Bertz CT molecular complexity index is 597. The summed E-state index contributed by atoms with van der Waals surface area (Å²) in [6.07, 6.45) is 1.13. The van der Waals surface area contributed by atoms with Gasteiger partial charge in [-0.25, -0.2) is 4.39 Å². The van der Waals surface area contributed by atoms with Crippen LogP contribution in [0.2, 0.25) is 0 Å². The molecular formula is C18H21FN2. The van der Waals surface area contributed by atoms with Crippen LogP contribution in [0.4, 0.5) is 10.1 Å². The van der Waals surface area contributed by atoms with E-state index in [-0.39, 0.29) is 5.82 Å². The van der Waals surface area contributed by atoms with Gasteiger partial charge in [-0.3, -0.25) is 0 Å². The Labute approximate surface area is 125 Å². The molecule has 0 spiro atoms. The van der Waals surface area contributed by atoms with Gasteiger partial charge in [-0.15, -0.1) is 0 Å². The van der Waals surface area contributed by atoms with Crippen molar-refractivity contribution in [1.82, 2.24) is 5.32 Å². The molecule has 1 saturated heterocycles. The summed E-state index contributed by atoms with van der Waals surface area (Å²) in [6, 6.07) is 15.9. The van der Waals surface area contributed by atoms with Crippen molar-refractivity contribution in [2.75, 3.05) is 25.0 Å². The van der Waals surface area contributed by atoms with Crippen LogP contribution in [0, 0.1) is 5.82 Å². The average Bonchev–Trinajstić information content (AvgIpc) is 2.98. The Morgan fingerprint density at radius 1 is 1.19 bits per heavy atom. The second-order valence-corrected chi connectivity index (χ2v) is 5.69. The van der Waals surface area contributed by atoms with Crippen LogP contribution in [0.15, 0.2) is 48.5 Å². The van der Waals surface area contributed by atoms with Crippen molar-refractivity contribution in [3.63, 3.8) is 0 Å². The number of hydrogen-bond donors (Lipinski definition) is 1. The van der Waals surface area contributed by atoms with Gasteiger partial charge >= 0.3 is 0 Å². The lowest BCUT2D eigenvalue weighted by molar-refractivity contribution is 0.623. The number of hydrogen-bond acceptors (Lipinski definition) is 2. The van der Waals surface area contributed by atoms with Crippen LogP contribution >= 0.6 is 0 Å². The van der Waals surface area contributed by atoms with Gasteiger partial charge in [0.05, 0.1) is 0 Å². The SMILES string of the molecule is CNCc1cc(F)cc(N2CCC(c3ccccc3)C2)c1. The predicted molar refractivity (Wildman–Crippen MR) is 85.2 cm³/mol. The maximum Gasteiger partial charge on any atom is 0.125 e. The highest BCUT2D eigenvalue weighted by Crippen LogP contribution is 2.31. The molecule has 1 fully saturated rings. The topological polar surface area (TPSA) is 15.3 Å². The van der Waals surface area contributed by atoms with Crippen molar-refractivity contribution in [2.24, 2.45) is 0 Å². The lowest BCUT2D eigenvalue weighted by Gasteiger charge is -2.20. The molecule has 2 nitrogen and oxygen atoms in total. The van der Waals surface area contributed by atoms with Crippen molar-refractivity contribution in [3.05, 3.63) is 65.5 Å². The molecule has 0 radical (unpaired) electrons. The fraction of sp³-hybridized carbons (Fsp3) is 0.333. The maximum absolute atomic E-state index is 13.8. The van der Waals surface area contributed by atoms with E-state index in [4.69, 9.17) is 0 Å². The Balaban J connectivity index is 1.77. The summed E-state index contributed by atoms with van der Waals surface area (Å²) < 4.78 is 13.8. The number of anilines is 1. The Kier molecular flexibility index (Phi) is 4.20. The summed E-state index contributed by atoms with van der Waals surface area (Å²) in [6.45, 7) is 2.65. The van der Waals surface area contributed by atoms with E-state index >= 15 is 0 Å². The smallest absolute Gasteiger partial charge is 0.125 e. The molecule has 3 heteroatoms. The molecule has 1 atom stereocenters. The summed E-state index contributed by atoms with van der Waals surface area (Å²) in [5.41, 5.74) is 3.38. The van der Waals surface area contributed by atoms with Crippen molar-refractivity contribution < 1.29 is 4.39 Å². The van der Waals surface area contributed by atoms with Crippen LogP contribution in [0.3, 0.4) is 0 Å². The van der Waals surface area contributed by atoms with E-state index in [1.807, 2.05) is 13.1 Å². The first-order chi connectivity index (χ1) is 10.3. The van der Waals surface area contributed by atoms with Crippen LogP contribution < -0.4 is 10.2 Å². The molecule has 2 aromatic carbocycles. The van der Waals surface area contributed by atoms with E-state index in [0.29, 0.717) is 12.5 Å². The van der Waals surface area contributed by atoms with Crippen molar-refractivity contribution >= 4 is 5.69 Å². The fourth-order valence-electron chi connectivity index (χ4n) is 3.11. The summed E-state index contributed by atoms with van der Waals surface area (Å²) in [7, 11) is 1.88. The van der Waals surface area contributed by atoms with E-state index in [1.165, 1.54) is 5.56 Å². The monoisotopic (exact) mass is 284 g/mol. The van der Waals surface area contributed by atoms with Crippen LogP contribution in [0.5, 0.6) is 0 Å². The number of nitrogens with zero attached hydrogens (tertiary/aromatic N) is 1. The van der Waals surface area contributed by atoms with Gasteiger partial charge in [0.2, 0.25) is 0 Å². The van der Waals surface area contributed by atoms with Gasteiger partial charge in [0.25, 0.3) is 0 Å². The zero-order valence-electron chi connectivity index (χ0n) is 12.3. The Hall–Kier alpha value is -1.87. The third kappa shape index (κ3) is 3.24. The highest BCUT2D eigenvalue weighted by molar-refractivity contribution is 5.51. The molecule has 1 aliphatic rings. The fourth-order valence-corrected chi connectivity index (χ4v) is 3.11. The lowest BCUT2D eigenvalue weighted by atomic mass is 9.99. The first kappa shape index (κ1) is 14.1. The van der Waals surface area contributed by atoms with Gasteiger partial charge < -0.3 is 10.2 Å². The highest BCUT2D eigenvalue weighted by atomic mass is 19.1. The van der Waals surface area contributed by atoms with E-state index in [1.54, 1.807) is 12.1 Å². The zero-order chi connectivity index (χ0) is 14.7. The molecule has 1 unspecified atom stereocenters. The third-order valence-electron chi connectivity index (χ3n) is 4.15. The van der Waals surface area contributed by atoms with Gasteiger partial charge in [0, 0.05) is 31.2 Å². The van der Waals surface area contributed by atoms with Gasteiger partial charge in [-0.2, -0.15) is 0 Å². The molecule has 0 aromatic heterocycles. The molecular weight excluding hydrogens is 263 g/mol. The molecule has 21 heavy (non-hydrogen) atoms. The lowest BCUT2D eigenvalue weighted by Crippen LogP contribution is -2.20. The molecule has 110 valence electrons. The largest absolute Gasteiger partial charge is 0.371 e. The summed E-state index contributed by atoms with van der Waals surface area (Å²) >= 11 is 0. The molecule has 0 saturated carbocycles. The summed E-state index contributed by atoms with van der Waals surface area (Å²) in [5, 5.41) is 3.08. The highest BCUT2D eigenvalue weighted by Gasteiger charge is 2.24. The Morgan fingerprint density at radius 3 is 2.76 bits per heavy atom. The standard InChI is InChI=1S/C18H21FN2/c1-20-12-14-9-17(19)11-18(10-14)21-8-7-16(13-21)15-5-3-2-4-6-15/h2-6,9-11,16,20H,7-8,12-13H2,1H3. The minimum atomic E-state index is -0.152. The van der Waals surface area contributed by atoms with E-state index in [9.17, 15) is 4.39 Å². The number of rotatable bonds is 4. The minimum Gasteiger partial charge on any atom is -0.371 e. The summed E-state index contributed by atoms with van der Waals surface area (Å²) in [4.78, 5) is 2.29. The van der Waals surface area contributed by atoms with Crippen molar-refractivity contribution in [1.29, 1.82) is 0 Å². The number of benzene rings is 2. The van der Waals surface area contributed by atoms with E-state index in [2.05, 4.69) is 40.5 Å². The van der Waals surface area contributed by atoms with Gasteiger partial charge in [0.15, 0.2) is 0 Å². The van der Waals surface area contributed by atoms with E-state index < -0.39 is 0 Å². The molecule has 0 aliphatic carbocycles. The normalized spacial score (nSPS) is 18.2. The molecule has 1 N–H and O–H groups in total. The molecule has 3 rings (SSSR count). The predicted octanol–water partition coefficient (Wildman–Crippen LogP) is 3.54. The first-order valence-corrected chi connectivity index (χ1v) is 7.50. The average molecular weight is 284 g/mol. The number of halogens is 1. The maximum atomic E-state index is 13.8. The van der Waals surface area contributed by atoms with Gasteiger partial charge in [-0.1, -0.05) is 30.3 Å². The third-order valence-corrected chi connectivity index (χ3v) is 4.15. The molecule has 1 aliphatic heterocycles. The first-order valence-electron chi connectivity index (χ1n) is 7.50. The molecule has 0 amide bonds. The van der Waals surface area contributed by atoms with Crippen molar-refractivity contribution in [3.8, 4) is 0 Å². The van der Waals surface area contributed by atoms with Crippen LogP contribution in [-0.2, 0) is 6.54 Å². The number of nitrogens with one attached hydrogen (secondary N) is 1. The second-order valence-electron chi connectivity index (χ2n) is 5.69. The molecule has 2 aromatic rings. The van der Waals surface area contributed by atoms with Gasteiger partial charge in [-0.05, 0) is 42.8 Å².